The lowest BCUT2D eigenvalue weighted by molar-refractivity contribution is 0.0654. The molecule has 0 unspecified atom stereocenters. The molecule has 1 aliphatic rings. The third-order valence-corrected chi connectivity index (χ3v) is 4.89. The van der Waals surface area contributed by atoms with Gasteiger partial charge in [0, 0.05) is 24.7 Å². The number of piperidine rings is 1. The van der Waals surface area contributed by atoms with Gasteiger partial charge in [-0.15, -0.1) is 0 Å². The zero-order valence-corrected chi connectivity index (χ0v) is 15.1. The molecule has 2 aromatic carbocycles. The van der Waals surface area contributed by atoms with Crippen LogP contribution in [0.2, 0.25) is 0 Å². The maximum atomic E-state index is 12.7. The van der Waals surface area contributed by atoms with Crippen LogP contribution in [0.4, 0.5) is 0 Å². The number of nitrogens with one attached hydrogen (secondary N) is 1. The van der Waals surface area contributed by atoms with Gasteiger partial charge in [0.15, 0.2) is 0 Å². The number of hydrogen-bond donors (Lipinski definition) is 2. The fourth-order valence-corrected chi connectivity index (χ4v) is 3.34. The molecule has 0 aliphatic carbocycles. The Morgan fingerprint density at radius 2 is 1.48 bits per heavy atom. The van der Waals surface area contributed by atoms with E-state index in [-0.39, 0.29) is 29.0 Å². The summed E-state index contributed by atoms with van der Waals surface area (Å²) in [6.45, 7) is 2.85. The molecule has 140 valence electrons. The molecule has 0 saturated carbocycles. The smallest absolute Gasteiger partial charge is 0.336 e. The Labute approximate surface area is 157 Å². The molecular weight excluding hydrogens is 344 g/mol. The number of nitrogens with zero attached hydrogens (tertiary/aromatic N) is 1. The second kappa shape index (κ2) is 8.03. The van der Waals surface area contributed by atoms with Gasteiger partial charge in [-0.2, -0.15) is 0 Å². The number of carboxylic acids is 1. The maximum Gasteiger partial charge on any atom is 0.336 e. The van der Waals surface area contributed by atoms with Crippen molar-refractivity contribution in [3.8, 4) is 0 Å². The number of aromatic carboxylic acids is 1. The van der Waals surface area contributed by atoms with Gasteiger partial charge < -0.3 is 15.3 Å². The van der Waals surface area contributed by atoms with Crippen molar-refractivity contribution in [1.82, 2.24) is 10.2 Å². The summed E-state index contributed by atoms with van der Waals surface area (Å²) in [7, 11) is 0. The molecule has 0 spiro atoms. The molecule has 0 radical (unpaired) electrons. The predicted molar refractivity (Wildman–Crippen MR) is 101 cm³/mol. The van der Waals surface area contributed by atoms with E-state index in [4.69, 9.17) is 0 Å². The van der Waals surface area contributed by atoms with Crippen molar-refractivity contribution in [2.24, 2.45) is 0 Å². The van der Waals surface area contributed by atoms with Crippen LogP contribution in [0, 0.1) is 6.92 Å². The molecule has 1 fully saturated rings. The van der Waals surface area contributed by atoms with Gasteiger partial charge in [0.1, 0.15) is 0 Å². The number of amides is 2. The van der Waals surface area contributed by atoms with E-state index in [1.54, 1.807) is 23.1 Å². The lowest BCUT2D eigenvalue weighted by Crippen LogP contribution is -2.46. The van der Waals surface area contributed by atoms with E-state index >= 15 is 0 Å². The van der Waals surface area contributed by atoms with Crippen LogP contribution in [-0.4, -0.2) is 46.9 Å². The second-order valence-electron chi connectivity index (χ2n) is 6.71. The van der Waals surface area contributed by atoms with Crippen LogP contribution in [0.5, 0.6) is 0 Å². The molecule has 0 aromatic heterocycles. The topological polar surface area (TPSA) is 86.7 Å². The first-order valence-electron chi connectivity index (χ1n) is 8.95. The summed E-state index contributed by atoms with van der Waals surface area (Å²) in [6.07, 6.45) is 1.27. The molecular formula is C21H22N2O4. The monoisotopic (exact) mass is 366 g/mol. The van der Waals surface area contributed by atoms with Crippen LogP contribution in [0.3, 0.4) is 0 Å². The highest BCUT2D eigenvalue weighted by atomic mass is 16.4. The number of carbonyl (C=O) groups is 3. The molecule has 0 atom stereocenters. The number of likely N-dealkylation sites (tertiary alicyclic amines) is 1. The van der Waals surface area contributed by atoms with Gasteiger partial charge in [-0.1, -0.05) is 30.3 Å². The van der Waals surface area contributed by atoms with E-state index in [1.165, 1.54) is 12.1 Å². The summed E-state index contributed by atoms with van der Waals surface area (Å²) in [4.78, 5) is 38.1. The van der Waals surface area contributed by atoms with Crippen LogP contribution in [0.25, 0.3) is 0 Å². The van der Waals surface area contributed by atoms with Crippen LogP contribution < -0.4 is 5.32 Å². The van der Waals surface area contributed by atoms with E-state index in [1.807, 2.05) is 25.1 Å². The highest BCUT2D eigenvalue weighted by molar-refractivity contribution is 6.04. The number of hydrogen-bond acceptors (Lipinski definition) is 3. The molecule has 2 aromatic rings. The Morgan fingerprint density at radius 1 is 0.926 bits per heavy atom. The highest BCUT2D eigenvalue weighted by Gasteiger charge is 2.27. The number of carboxylic acid groups (broad SMARTS) is 1. The summed E-state index contributed by atoms with van der Waals surface area (Å²) in [5.74, 6) is -1.50. The summed E-state index contributed by atoms with van der Waals surface area (Å²) in [5.41, 5.74) is 1.80. The molecule has 1 saturated heterocycles. The van der Waals surface area contributed by atoms with Crippen molar-refractivity contribution >= 4 is 17.8 Å². The largest absolute Gasteiger partial charge is 0.478 e. The summed E-state index contributed by atoms with van der Waals surface area (Å²) in [6, 6.07) is 13.7. The normalized spacial score (nSPS) is 14.6. The van der Waals surface area contributed by atoms with Crippen LogP contribution in [-0.2, 0) is 0 Å². The van der Waals surface area contributed by atoms with Gasteiger partial charge in [-0.05, 0) is 43.5 Å². The lowest BCUT2D eigenvalue weighted by atomic mass is 10.0. The number of benzene rings is 2. The summed E-state index contributed by atoms with van der Waals surface area (Å²) in [5, 5.41) is 12.3. The molecule has 1 aliphatic heterocycles. The van der Waals surface area contributed by atoms with E-state index in [9.17, 15) is 19.5 Å². The molecule has 0 bridgehead atoms. The minimum atomic E-state index is -1.11. The second-order valence-corrected chi connectivity index (χ2v) is 6.71. The molecule has 27 heavy (non-hydrogen) atoms. The molecule has 6 heteroatoms. The van der Waals surface area contributed by atoms with Gasteiger partial charge >= 0.3 is 5.97 Å². The zero-order valence-electron chi connectivity index (χ0n) is 15.1. The quantitative estimate of drug-likeness (QED) is 0.871. The Morgan fingerprint density at radius 3 is 2.07 bits per heavy atom. The Hall–Kier alpha value is -3.15. The standard InChI is InChI=1S/C21H22N2O4/c1-14-6-2-3-7-16(14)19(24)22-15-10-12-23(13-11-15)20(25)17-8-4-5-9-18(17)21(26)27/h2-9,15H,10-13H2,1H3,(H,22,24)(H,26,27). The fourth-order valence-electron chi connectivity index (χ4n) is 3.34. The molecule has 3 rings (SSSR count). The molecule has 6 nitrogen and oxygen atoms in total. The molecule has 2 N–H and O–H groups in total. The third-order valence-electron chi connectivity index (χ3n) is 4.89. The van der Waals surface area contributed by atoms with Crippen molar-refractivity contribution in [2.75, 3.05) is 13.1 Å². The average molecular weight is 366 g/mol. The van der Waals surface area contributed by atoms with Crippen molar-refractivity contribution in [1.29, 1.82) is 0 Å². The van der Waals surface area contributed by atoms with Gasteiger partial charge in [0.25, 0.3) is 11.8 Å². The number of rotatable bonds is 4. The van der Waals surface area contributed by atoms with Gasteiger partial charge in [-0.3, -0.25) is 9.59 Å². The van der Waals surface area contributed by atoms with Crippen LogP contribution in [0.1, 0.15) is 49.5 Å². The van der Waals surface area contributed by atoms with E-state index in [2.05, 4.69) is 5.32 Å². The first kappa shape index (κ1) is 18.6. The van der Waals surface area contributed by atoms with E-state index < -0.39 is 5.97 Å². The van der Waals surface area contributed by atoms with Gasteiger partial charge in [0.05, 0.1) is 11.1 Å². The number of carbonyl (C=O) groups excluding carboxylic acids is 2. The van der Waals surface area contributed by atoms with Gasteiger partial charge in [0.2, 0.25) is 0 Å². The average Bonchev–Trinajstić information content (AvgIpc) is 2.68. The zero-order chi connectivity index (χ0) is 19.4. The van der Waals surface area contributed by atoms with Crippen molar-refractivity contribution in [3.05, 3.63) is 70.8 Å². The molecule has 1 heterocycles. The summed E-state index contributed by atoms with van der Waals surface area (Å²) < 4.78 is 0. The third kappa shape index (κ3) is 4.16. The Bertz CT molecular complexity index is 870. The fraction of sp³-hybridized carbons (Fsp3) is 0.286. The highest BCUT2D eigenvalue weighted by Crippen LogP contribution is 2.18. The maximum absolute atomic E-state index is 12.7. The van der Waals surface area contributed by atoms with E-state index in [0.717, 1.165) is 5.56 Å². The first-order valence-corrected chi connectivity index (χ1v) is 8.95. The van der Waals surface area contributed by atoms with Crippen LogP contribution >= 0.6 is 0 Å². The molecule has 2 amide bonds. The van der Waals surface area contributed by atoms with Crippen LogP contribution in [0.15, 0.2) is 48.5 Å². The minimum absolute atomic E-state index is 0.00382. The predicted octanol–water partition coefficient (Wildman–Crippen LogP) is 2.73. The van der Waals surface area contributed by atoms with Crippen molar-refractivity contribution in [2.45, 2.75) is 25.8 Å². The summed E-state index contributed by atoms with van der Waals surface area (Å²) >= 11 is 0. The SMILES string of the molecule is Cc1ccccc1C(=O)NC1CCN(C(=O)c2ccccc2C(=O)O)CC1. The van der Waals surface area contributed by atoms with Crippen molar-refractivity contribution < 1.29 is 19.5 Å². The van der Waals surface area contributed by atoms with Gasteiger partial charge in [-0.25, -0.2) is 4.79 Å². The van der Waals surface area contributed by atoms with Crippen molar-refractivity contribution in [3.63, 3.8) is 0 Å². The lowest BCUT2D eigenvalue weighted by Gasteiger charge is -2.32. The first-order chi connectivity index (χ1) is 13.0. The Balaban J connectivity index is 1.61. The minimum Gasteiger partial charge on any atom is -0.478 e. The Kier molecular flexibility index (Phi) is 5.54. The number of aryl methyl sites for hydroxylation is 1. The van der Waals surface area contributed by atoms with E-state index in [0.29, 0.717) is 31.5 Å².